The number of carboxylic acids is 2. The minimum atomic E-state index is -5.19. The molecule has 8 rings (SSSR count). The molecule has 0 aliphatic carbocycles. The van der Waals surface area contributed by atoms with Crippen LogP contribution in [0.3, 0.4) is 0 Å². The Hall–Kier alpha value is -6.67. The van der Waals surface area contributed by atoms with Crippen molar-refractivity contribution in [1.29, 1.82) is 0 Å². The monoisotopic (exact) mass is 854 g/mol. The number of hydrogen-bond acceptors (Lipinski definition) is 8. The first-order chi connectivity index (χ1) is 28.6. The third kappa shape index (κ3) is 8.95. The summed E-state index contributed by atoms with van der Waals surface area (Å²) in [5, 5.41) is 22.3. The zero-order valence-electron chi connectivity index (χ0n) is 33.0. The zero-order chi connectivity index (χ0) is 44.7. The largest absolute Gasteiger partial charge is 0.542 e. The van der Waals surface area contributed by atoms with Crippen LogP contribution in [0.4, 0.5) is 26.3 Å². The summed E-state index contributed by atoms with van der Waals surface area (Å²) >= 11 is 0. The third-order valence-electron chi connectivity index (χ3n) is 9.94. The first-order valence-corrected chi connectivity index (χ1v) is 18.7. The first kappa shape index (κ1) is 43.9. The number of benzene rings is 4. The molecule has 0 unspecified atom stereocenters. The number of aliphatic carboxylic acids is 2. The molecule has 0 fully saturated rings. The van der Waals surface area contributed by atoms with Crippen LogP contribution in [0, 0.1) is 0 Å². The lowest BCUT2D eigenvalue weighted by Crippen LogP contribution is -3.06. The summed E-state index contributed by atoms with van der Waals surface area (Å²) in [6.07, 6.45) is -9.00. The van der Waals surface area contributed by atoms with E-state index in [4.69, 9.17) is 29.8 Å². The summed E-state index contributed by atoms with van der Waals surface area (Å²) in [5.41, 5.74) is 6.74. The van der Waals surface area contributed by atoms with Crippen molar-refractivity contribution in [2.75, 3.05) is 47.8 Å². The minimum Gasteiger partial charge on any atom is -0.542 e. The quantitative estimate of drug-likeness (QED) is 0.124. The smallest absolute Gasteiger partial charge is 0.490 e. The lowest BCUT2D eigenvalue weighted by atomic mass is 9.91. The van der Waals surface area contributed by atoms with Crippen LogP contribution >= 0.6 is 0 Å². The van der Waals surface area contributed by atoms with E-state index in [0.717, 1.165) is 63.7 Å². The molecule has 4 heterocycles. The molecule has 20 heteroatoms. The van der Waals surface area contributed by atoms with E-state index in [9.17, 15) is 40.7 Å². The Bertz CT molecular complexity index is 2900. The predicted molar refractivity (Wildman–Crippen MR) is 209 cm³/mol. The molecule has 3 aromatic heterocycles. The van der Waals surface area contributed by atoms with E-state index in [1.54, 1.807) is 4.40 Å². The second-order valence-electron chi connectivity index (χ2n) is 15.0. The van der Waals surface area contributed by atoms with Crippen molar-refractivity contribution in [2.45, 2.75) is 31.7 Å². The van der Waals surface area contributed by atoms with Crippen LogP contribution in [0.1, 0.15) is 39.1 Å². The molecule has 0 saturated carbocycles. The minimum absolute atomic E-state index is 0.0757. The number of alkyl halides is 6. The van der Waals surface area contributed by atoms with Gasteiger partial charge in [-0.2, -0.15) is 26.3 Å². The van der Waals surface area contributed by atoms with Crippen LogP contribution in [-0.2, 0) is 16.1 Å². The number of pyridine rings is 1. The van der Waals surface area contributed by atoms with Crippen LogP contribution in [-0.4, -0.2) is 108 Å². The molecular formula is C41H38F6N7O7+. The van der Waals surface area contributed by atoms with Crippen molar-refractivity contribution < 1.29 is 65.5 Å². The molecule has 1 amide bonds. The van der Waals surface area contributed by atoms with Crippen molar-refractivity contribution in [3.05, 3.63) is 87.7 Å². The maximum atomic E-state index is 14.2. The number of likely N-dealkylation sites (N-methyl/N-ethyl adjacent to an activating group) is 1. The van der Waals surface area contributed by atoms with Crippen molar-refractivity contribution in [3.8, 4) is 11.4 Å². The molecule has 0 radical (unpaired) electrons. The van der Waals surface area contributed by atoms with Gasteiger partial charge in [0.2, 0.25) is 0 Å². The maximum absolute atomic E-state index is 14.2. The number of carboxylic acid groups (broad SMARTS) is 2. The van der Waals surface area contributed by atoms with Gasteiger partial charge in [-0.05, 0) is 59.5 Å². The van der Waals surface area contributed by atoms with Gasteiger partial charge in [0, 0.05) is 45.7 Å². The predicted octanol–water partition coefficient (Wildman–Crippen LogP) is 1.88. The Kier molecular flexibility index (Phi) is 12.1. The van der Waals surface area contributed by atoms with E-state index in [1.807, 2.05) is 48.5 Å². The topological polar surface area (TPSA) is 185 Å². The number of ketones is 1. The summed E-state index contributed by atoms with van der Waals surface area (Å²) in [5.74, 6) is -4.97. The van der Waals surface area contributed by atoms with Gasteiger partial charge in [0.25, 0.3) is 11.5 Å². The van der Waals surface area contributed by atoms with E-state index in [-0.39, 0.29) is 17.2 Å². The number of hydrogen-bond donors (Lipinski definition) is 4. The number of amides is 1. The second-order valence-corrected chi connectivity index (χ2v) is 15.0. The van der Waals surface area contributed by atoms with Gasteiger partial charge >= 0.3 is 18.3 Å². The van der Waals surface area contributed by atoms with Crippen LogP contribution < -0.4 is 25.8 Å². The van der Waals surface area contributed by atoms with Gasteiger partial charge in [-0.25, -0.2) is 14.8 Å². The molecule has 4 N–H and O–H groups in total. The average Bonchev–Trinajstić information content (AvgIpc) is 3.75. The number of Topliss-reactive ketones (excluding diaryl/α,β-unsaturated/α-hetero) is 1. The number of carbonyl (C=O) groups excluding carboxylic acids is 3. The molecule has 1 aliphatic heterocycles. The van der Waals surface area contributed by atoms with Gasteiger partial charge in [0.1, 0.15) is 17.4 Å². The Labute approximate surface area is 340 Å². The molecule has 0 saturated heterocycles. The van der Waals surface area contributed by atoms with Gasteiger partial charge in [0.05, 0.1) is 76.4 Å². The number of quaternary nitrogens is 2. The van der Waals surface area contributed by atoms with Crippen LogP contribution in [0.2, 0.25) is 0 Å². The zero-order valence-corrected chi connectivity index (χ0v) is 33.0. The SMILES string of the molecule is C[NH+](C)CCCC(=O)c1ccc2nc3c4ccc5c6c(ccc(c(=O)n3c2c1)c64)-c1nc2ccc(C(=O)NCC[NH+](C)C)cc2n1C5.O=C(O)C(F)(F)F.O=C([O-])C(F)(F)F. The number of aromatic nitrogens is 4. The average molecular weight is 855 g/mol. The highest BCUT2D eigenvalue weighted by Gasteiger charge is 2.38. The van der Waals surface area contributed by atoms with Crippen LogP contribution in [0.25, 0.3) is 60.6 Å². The van der Waals surface area contributed by atoms with E-state index in [2.05, 4.69) is 50.2 Å². The van der Waals surface area contributed by atoms with Gasteiger partial charge in [-0.1, -0.05) is 12.1 Å². The van der Waals surface area contributed by atoms with E-state index in [0.29, 0.717) is 52.7 Å². The highest BCUT2D eigenvalue weighted by atomic mass is 19.4. The number of rotatable bonds is 9. The maximum Gasteiger partial charge on any atom is 0.490 e. The molecule has 320 valence electrons. The fourth-order valence-corrected chi connectivity index (χ4v) is 7.08. The molecule has 4 aromatic carbocycles. The lowest BCUT2D eigenvalue weighted by molar-refractivity contribution is -0.858. The van der Waals surface area contributed by atoms with Gasteiger partial charge in [-0.15, -0.1) is 0 Å². The van der Waals surface area contributed by atoms with Crippen molar-refractivity contribution in [3.63, 3.8) is 0 Å². The molecule has 0 bridgehead atoms. The van der Waals surface area contributed by atoms with Crippen molar-refractivity contribution >= 4 is 72.9 Å². The number of nitrogens with one attached hydrogen (secondary N) is 3. The number of imidazole rings is 2. The van der Waals surface area contributed by atoms with Gasteiger partial charge in [0.15, 0.2) is 5.78 Å². The van der Waals surface area contributed by atoms with Gasteiger partial charge < -0.3 is 34.7 Å². The van der Waals surface area contributed by atoms with E-state index in [1.165, 1.54) is 9.80 Å². The molecule has 7 aromatic rings. The first-order valence-electron chi connectivity index (χ1n) is 18.7. The fourth-order valence-electron chi connectivity index (χ4n) is 7.08. The second kappa shape index (κ2) is 16.8. The summed E-state index contributed by atoms with van der Waals surface area (Å²) < 4.78 is 67.1. The third-order valence-corrected chi connectivity index (χ3v) is 9.94. The molecule has 0 spiro atoms. The standard InChI is InChI=1S/C37H35N7O3.2C2HF3O2/c1-41(2)16-5-6-31(45)21-8-13-28-30(18-21)44-35(40-28)25-10-7-23-20-43-29-19-22(36(46)38-15-17-42(3)4)9-14-27(29)39-34(43)24-11-12-26(37(44)47)33(25)32(23)24;2*3-2(4,5)1(6)7/h7-14,18-19H,5-6,15-17,20H2,1-4H3,(H,38,46);2*(H,6,7)/p+1. The number of nitrogens with zero attached hydrogens (tertiary/aromatic N) is 4. The highest BCUT2D eigenvalue weighted by Crippen LogP contribution is 2.42. The van der Waals surface area contributed by atoms with E-state index < -0.39 is 24.3 Å². The summed E-state index contributed by atoms with van der Waals surface area (Å²) in [7, 11) is 8.28. The normalized spacial score (nSPS) is 12.5. The molecule has 14 nitrogen and oxygen atoms in total. The Morgan fingerprint density at radius 3 is 1.98 bits per heavy atom. The van der Waals surface area contributed by atoms with Crippen LogP contribution in [0.15, 0.2) is 65.5 Å². The molecule has 1 aliphatic rings. The Morgan fingerprint density at radius 1 is 0.787 bits per heavy atom. The Morgan fingerprint density at radius 2 is 1.38 bits per heavy atom. The van der Waals surface area contributed by atoms with Crippen LogP contribution in [0.5, 0.6) is 0 Å². The Balaban J connectivity index is 0.000000385. The summed E-state index contributed by atoms with van der Waals surface area (Å²) in [6.45, 7) is 2.94. The number of fused-ring (bicyclic) bond motifs is 8. The number of carbonyl (C=O) groups is 4. The molecule has 61 heavy (non-hydrogen) atoms. The molecule has 0 atom stereocenters. The molecular weight excluding hydrogens is 816 g/mol. The van der Waals surface area contributed by atoms with E-state index >= 15 is 0 Å². The fraction of sp³-hybridized carbons (Fsp3) is 0.293. The van der Waals surface area contributed by atoms with Crippen molar-refractivity contribution in [2.24, 2.45) is 0 Å². The summed E-state index contributed by atoms with van der Waals surface area (Å²) in [6, 6.07) is 19.2. The lowest BCUT2D eigenvalue weighted by Gasteiger charge is -2.21. The number of halogens is 6. The summed E-state index contributed by atoms with van der Waals surface area (Å²) in [4.78, 5) is 70.4. The highest BCUT2D eigenvalue weighted by molar-refractivity contribution is 6.20. The van der Waals surface area contributed by atoms with Gasteiger partial charge in [-0.3, -0.25) is 18.8 Å². The van der Waals surface area contributed by atoms with Crippen molar-refractivity contribution in [1.82, 2.24) is 24.3 Å².